The van der Waals surface area contributed by atoms with E-state index >= 15 is 0 Å². The molecule has 0 fully saturated rings. The van der Waals surface area contributed by atoms with E-state index in [1.165, 1.54) is 26.2 Å². The van der Waals surface area contributed by atoms with Gasteiger partial charge in [0.2, 0.25) is 0 Å². The van der Waals surface area contributed by atoms with Crippen LogP contribution < -0.4 is 9.47 Å². The molecule has 144 valence electrons. The Morgan fingerprint density at radius 3 is 2.22 bits per heavy atom. The third-order valence-corrected chi connectivity index (χ3v) is 3.98. The van der Waals surface area contributed by atoms with E-state index in [1.54, 1.807) is 24.3 Å². The summed E-state index contributed by atoms with van der Waals surface area (Å²) in [7, 11) is 1.19. The molecule has 9 heteroatoms. The van der Waals surface area contributed by atoms with Crippen molar-refractivity contribution in [2.24, 2.45) is 0 Å². The summed E-state index contributed by atoms with van der Waals surface area (Å²) in [5.41, 5.74) is 0. The number of methoxy groups -OCH3 is 1. The van der Waals surface area contributed by atoms with Gasteiger partial charge in [-0.15, -0.1) is 0 Å². The smallest absolute Gasteiger partial charge is 0.347 e. The summed E-state index contributed by atoms with van der Waals surface area (Å²) in [4.78, 5) is 23.0. The lowest BCUT2D eigenvalue weighted by Gasteiger charge is -2.17. The minimum Gasteiger partial charge on any atom is -0.475 e. The van der Waals surface area contributed by atoms with Gasteiger partial charge in [-0.25, -0.2) is 9.59 Å². The van der Waals surface area contributed by atoms with Gasteiger partial charge in [0.15, 0.2) is 24.2 Å². The summed E-state index contributed by atoms with van der Waals surface area (Å²) in [6, 6.07) is 9.37. The number of hydrogen-bond donors (Lipinski definition) is 0. The Kier molecular flexibility index (Phi) is 7.59. The molecule has 1 atom stereocenters. The largest absolute Gasteiger partial charge is 0.475 e. The number of ether oxygens (including phenoxy) is 4. The lowest BCUT2D eigenvalue weighted by atomic mass is 10.3. The molecule has 0 amide bonds. The zero-order valence-electron chi connectivity index (χ0n) is 14.3. The quantitative estimate of drug-likeness (QED) is 0.577. The number of benzene rings is 2. The highest BCUT2D eigenvalue weighted by atomic mass is 35.5. The van der Waals surface area contributed by atoms with Gasteiger partial charge in [0, 0.05) is 16.1 Å². The van der Waals surface area contributed by atoms with Crippen LogP contribution in [0.2, 0.25) is 15.1 Å². The molecule has 0 saturated carbocycles. The molecule has 0 aliphatic carbocycles. The molecule has 0 bridgehead atoms. The summed E-state index contributed by atoms with van der Waals surface area (Å²) in [5, 5.41) is 1.13. The zero-order chi connectivity index (χ0) is 20.0. The van der Waals surface area contributed by atoms with Crippen LogP contribution in [0.25, 0.3) is 0 Å². The summed E-state index contributed by atoms with van der Waals surface area (Å²) in [6.07, 6.45) is -1.03. The van der Waals surface area contributed by atoms with Gasteiger partial charge in [0.1, 0.15) is 5.75 Å². The molecule has 0 aromatic heterocycles. The normalized spacial score (nSPS) is 11.4. The minimum atomic E-state index is -1.03. The van der Waals surface area contributed by atoms with Crippen LogP contribution in [0.4, 0.5) is 0 Å². The van der Waals surface area contributed by atoms with Crippen molar-refractivity contribution >= 4 is 46.7 Å². The lowest BCUT2D eigenvalue weighted by Crippen LogP contribution is -2.28. The van der Waals surface area contributed by atoms with Crippen LogP contribution in [0, 0.1) is 0 Å². The van der Waals surface area contributed by atoms with E-state index in [1.807, 2.05) is 0 Å². The molecule has 0 N–H and O–H groups in total. The average Bonchev–Trinajstić information content (AvgIpc) is 2.63. The first-order valence-electron chi connectivity index (χ1n) is 7.62. The molecular formula is C18H15Cl3O6. The molecule has 6 nitrogen and oxygen atoms in total. The van der Waals surface area contributed by atoms with Gasteiger partial charge in [-0.2, -0.15) is 0 Å². The molecular weight excluding hydrogens is 419 g/mol. The SMILES string of the molecule is COC(=O)COC(=O)C(C)Oc1cc(Cl)ccc1Oc1ccc(Cl)cc1Cl. The van der Waals surface area contributed by atoms with Crippen molar-refractivity contribution in [3.8, 4) is 17.2 Å². The third-order valence-electron chi connectivity index (χ3n) is 3.22. The molecule has 2 aromatic rings. The predicted octanol–water partition coefficient (Wildman–Crippen LogP) is 4.92. The number of carbonyl (C=O) groups excluding carboxylic acids is 2. The van der Waals surface area contributed by atoms with E-state index in [9.17, 15) is 9.59 Å². The van der Waals surface area contributed by atoms with Crippen LogP contribution in [0.1, 0.15) is 6.92 Å². The Morgan fingerprint density at radius 1 is 0.963 bits per heavy atom. The first-order valence-corrected chi connectivity index (χ1v) is 8.76. The van der Waals surface area contributed by atoms with Crippen LogP contribution >= 0.6 is 34.8 Å². The van der Waals surface area contributed by atoms with Crippen molar-refractivity contribution in [2.75, 3.05) is 13.7 Å². The first kappa shape index (κ1) is 21.2. The van der Waals surface area contributed by atoms with Crippen LogP contribution in [-0.2, 0) is 19.1 Å². The van der Waals surface area contributed by atoms with Crippen LogP contribution in [0.5, 0.6) is 17.2 Å². The minimum absolute atomic E-state index is 0.191. The fourth-order valence-electron chi connectivity index (χ4n) is 1.88. The molecule has 0 heterocycles. The molecule has 0 aliphatic heterocycles. The van der Waals surface area contributed by atoms with Crippen molar-refractivity contribution in [1.29, 1.82) is 0 Å². The van der Waals surface area contributed by atoms with Crippen molar-refractivity contribution in [2.45, 2.75) is 13.0 Å². The molecule has 2 rings (SSSR count). The Labute approximate surface area is 170 Å². The molecule has 0 aliphatic rings. The highest BCUT2D eigenvalue weighted by molar-refractivity contribution is 6.35. The molecule has 2 aromatic carbocycles. The Hall–Kier alpha value is -2.15. The van der Waals surface area contributed by atoms with Crippen molar-refractivity contribution in [3.63, 3.8) is 0 Å². The van der Waals surface area contributed by atoms with Crippen LogP contribution in [-0.4, -0.2) is 31.8 Å². The summed E-state index contributed by atoms with van der Waals surface area (Å²) in [5.74, 6) is -0.628. The van der Waals surface area contributed by atoms with Gasteiger partial charge in [-0.05, 0) is 37.3 Å². The molecule has 27 heavy (non-hydrogen) atoms. The highest BCUT2D eigenvalue weighted by Crippen LogP contribution is 2.38. The standard InChI is InChI=1S/C18H15Cl3O6/c1-10(18(23)25-9-17(22)24-2)26-16-8-12(20)4-6-15(16)27-14-5-3-11(19)7-13(14)21/h3-8,10H,9H2,1-2H3. The van der Waals surface area contributed by atoms with Crippen molar-refractivity contribution in [3.05, 3.63) is 51.5 Å². The summed E-state index contributed by atoms with van der Waals surface area (Å²) in [6.45, 7) is 0.946. The van der Waals surface area contributed by atoms with Gasteiger partial charge >= 0.3 is 11.9 Å². The second-order valence-corrected chi connectivity index (χ2v) is 6.49. The number of rotatable bonds is 7. The molecule has 0 spiro atoms. The van der Waals surface area contributed by atoms with E-state index in [-0.39, 0.29) is 11.5 Å². The number of hydrogen-bond acceptors (Lipinski definition) is 6. The van der Waals surface area contributed by atoms with E-state index < -0.39 is 24.6 Å². The lowest BCUT2D eigenvalue weighted by molar-refractivity contribution is -0.161. The molecule has 0 radical (unpaired) electrons. The second kappa shape index (κ2) is 9.69. The zero-order valence-corrected chi connectivity index (χ0v) is 16.6. The number of esters is 2. The maximum Gasteiger partial charge on any atom is 0.347 e. The van der Waals surface area contributed by atoms with E-state index in [4.69, 9.17) is 49.0 Å². The number of halogens is 3. The summed E-state index contributed by atoms with van der Waals surface area (Å²) < 4.78 is 20.5. The maximum atomic E-state index is 11.9. The van der Waals surface area contributed by atoms with E-state index in [0.29, 0.717) is 20.8 Å². The predicted molar refractivity (Wildman–Crippen MR) is 101 cm³/mol. The Balaban J connectivity index is 2.15. The highest BCUT2D eigenvalue weighted by Gasteiger charge is 2.20. The van der Waals surface area contributed by atoms with Crippen LogP contribution in [0.3, 0.4) is 0 Å². The van der Waals surface area contributed by atoms with Crippen molar-refractivity contribution in [1.82, 2.24) is 0 Å². The fourth-order valence-corrected chi connectivity index (χ4v) is 2.49. The van der Waals surface area contributed by atoms with Crippen molar-refractivity contribution < 1.29 is 28.5 Å². The number of carbonyl (C=O) groups is 2. The van der Waals surface area contributed by atoms with Gasteiger partial charge in [-0.3, -0.25) is 0 Å². The average molecular weight is 434 g/mol. The van der Waals surface area contributed by atoms with E-state index in [0.717, 1.165) is 0 Å². The van der Waals surface area contributed by atoms with Gasteiger partial charge in [-0.1, -0.05) is 34.8 Å². The maximum absolute atomic E-state index is 11.9. The van der Waals surface area contributed by atoms with E-state index in [2.05, 4.69) is 4.74 Å². The third kappa shape index (κ3) is 6.20. The fraction of sp³-hybridized carbons (Fsp3) is 0.222. The van der Waals surface area contributed by atoms with Gasteiger partial charge in [0.25, 0.3) is 0 Å². The Bertz CT molecular complexity index is 840. The van der Waals surface area contributed by atoms with Gasteiger partial charge < -0.3 is 18.9 Å². The van der Waals surface area contributed by atoms with Crippen LogP contribution in [0.15, 0.2) is 36.4 Å². The van der Waals surface area contributed by atoms with Gasteiger partial charge in [0.05, 0.1) is 12.1 Å². The second-order valence-electron chi connectivity index (χ2n) is 5.21. The summed E-state index contributed by atoms with van der Waals surface area (Å²) >= 11 is 18.0. The first-order chi connectivity index (χ1) is 12.8. The monoisotopic (exact) mass is 432 g/mol. The topological polar surface area (TPSA) is 71.1 Å². The Morgan fingerprint density at radius 2 is 1.59 bits per heavy atom. The molecule has 0 saturated heterocycles. The molecule has 1 unspecified atom stereocenters.